The molecule has 5 rings (SSSR count). The Hall–Kier alpha value is -5.07. The summed E-state index contributed by atoms with van der Waals surface area (Å²) < 4.78 is 69.5. The second kappa shape index (κ2) is 9.91. The minimum absolute atomic E-state index is 0.182. The van der Waals surface area contributed by atoms with Gasteiger partial charge in [0, 0.05) is 11.8 Å². The second-order valence-electron chi connectivity index (χ2n) is 8.82. The van der Waals surface area contributed by atoms with Crippen LogP contribution in [-0.4, -0.2) is 34.2 Å². The summed E-state index contributed by atoms with van der Waals surface area (Å²) in [6.07, 6.45) is -3.27. The van der Waals surface area contributed by atoms with Gasteiger partial charge in [0.05, 0.1) is 29.1 Å². The Kier molecular flexibility index (Phi) is 6.57. The normalized spacial score (nSPS) is 16.9. The SMILES string of the molecule is O=C1NC(=O)C(CNC(=O)c2ccc(F)c(F)c2-c2ccc(C(F)(F)F)cc2)(c2ccnn2-c2ccccc2)N1. The summed E-state index contributed by atoms with van der Waals surface area (Å²) in [5, 5.41) is 11.3. The monoisotopic (exact) mass is 555 g/mol. The van der Waals surface area contributed by atoms with Crippen molar-refractivity contribution in [1.82, 2.24) is 25.7 Å². The predicted molar refractivity (Wildman–Crippen MR) is 131 cm³/mol. The van der Waals surface area contributed by atoms with E-state index >= 15 is 0 Å². The number of nitrogens with one attached hydrogen (secondary N) is 3. The molecule has 3 N–H and O–H groups in total. The van der Waals surface area contributed by atoms with Crippen molar-refractivity contribution in [3.63, 3.8) is 0 Å². The smallest absolute Gasteiger partial charge is 0.349 e. The van der Waals surface area contributed by atoms with Crippen LogP contribution in [0.1, 0.15) is 21.6 Å². The Morgan fingerprint density at radius 1 is 0.950 bits per heavy atom. The van der Waals surface area contributed by atoms with Crippen LogP contribution in [0.5, 0.6) is 0 Å². The van der Waals surface area contributed by atoms with E-state index < -0.39 is 64.4 Å². The topological polar surface area (TPSA) is 105 Å². The standard InChI is InChI=1S/C27H18F5N5O3/c28-19-11-10-18(21(22(19)29)15-6-8-16(9-7-15)27(30,31)32)23(38)33-14-26(24(39)35-25(40)36-26)20-12-13-34-37(20)17-4-2-1-3-5-17/h1-13H,14H2,(H,33,38)(H2,35,36,39,40). The van der Waals surface area contributed by atoms with Crippen LogP contribution in [0.4, 0.5) is 26.7 Å². The maximum absolute atomic E-state index is 14.9. The molecule has 1 unspecified atom stereocenters. The highest BCUT2D eigenvalue weighted by atomic mass is 19.4. The number of hydrogen-bond donors (Lipinski definition) is 3. The number of amides is 4. The van der Waals surface area contributed by atoms with E-state index in [1.165, 1.54) is 16.9 Å². The zero-order valence-corrected chi connectivity index (χ0v) is 20.2. The predicted octanol–water partition coefficient (Wildman–Crippen LogP) is 4.30. The molecule has 13 heteroatoms. The molecule has 8 nitrogen and oxygen atoms in total. The van der Waals surface area contributed by atoms with E-state index in [-0.39, 0.29) is 11.3 Å². The molecule has 3 aromatic carbocycles. The number of nitrogens with zero attached hydrogens (tertiary/aromatic N) is 2. The van der Waals surface area contributed by atoms with Gasteiger partial charge in [0.25, 0.3) is 11.8 Å². The van der Waals surface area contributed by atoms with Gasteiger partial charge in [-0.3, -0.25) is 14.9 Å². The molecule has 1 aliphatic rings. The minimum atomic E-state index is -4.66. The van der Waals surface area contributed by atoms with Crippen LogP contribution >= 0.6 is 0 Å². The number of para-hydroxylation sites is 1. The van der Waals surface area contributed by atoms with Crippen molar-refractivity contribution in [3.8, 4) is 16.8 Å². The molecule has 0 spiro atoms. The van der Waals surface area contributed by atoms with Crippen LogP contribution < -0.4 is 16.0 Å². The third-order valence-electron chi connectivity index (χ3n) is 6.38. The average molecular weight is 555 g/mol. The number of hydrogen-bond acceptors (Lipinski definition) is 4. The molecular formula is C27H18F5N5O3. The van der Waals surface area contributed by atoms with Gasteiger partial charge >= 0.3 is 12.2 Å². The zero-order chi connectivity index (χ0) is 28.7. The van der Waals surface area contributed by atoms with Gasteiger partial charge in [-0.25, -0.2) is 18.3 Å². The zero-order valence-electron chi connectivity index (χ0n) is 20.2. The van der Waals surface area contributed by atoms with Crippen LogP contribution in [0.15, 0.2) is 79.0 Å². The summed E-state index contributed by atoms with van der Waals surface area (Å²) in [5.74, 6) is -4.55. The summed E-state index contributed by atoms with van der Waals surface area (Å²) in [6.45, 7) is -0.534. The Bertz CT molecular complexity index is 1620. The lowest BCUT2D eigenvalue weighted by Crippen LogP contribution is -2.53. The summed E-state index contributed by atoms with van der Waals surface area (Å²) in [7, 11) is 0. The highest BCUT2D eigenvalue weighted by Crippen LogP contribution is 2.34. The molecule has 4 amide bonds. The molecule has 0 bridgehead atoms. The second-order valence-corrected chi connectivity index (χ2v) is 8.82. The number of rotatable bonds is 6. The number of carbonyl (C=O) groups is 3. The van der Waals surface area contributed by atoms with E-state index in [4.69, 9.17) is 0 Å². The highest BCUT2D eigenvalue weighted by molar-refractivity contribution is 6.08. The highest BCUT2D eigenvalue weighted by Gasteiger charge is 2.50. The molecule has 0 saturated carbocycles. The quantitative estimate of drug-likeness (QED) is 0.244. The molecule has 2 heterocycles. The van der Waals surface area contributed by atoms with Crippen molar-refractivity contribution in [3.05, 3.63) is 107 Å². The average Bonchev–Trinajstić information content (AvgIpc) is 3.53. The number of urea groups is 1. The summed E-state index contributed by atoms with van der Waals surface area (Å²) in [5.41, 5.74) is -3.28. The van der Waals surface area contributed by atoms with E-state index in [2.05, 4.69) is 21.0 Å². The third kappa shape index (κ3) is 4.65. The summed E-state index contributed by atoms with van der Waals surface area (Å²) >= 11 is 0. The number of imide groups is 1. The van der Waals surface area contributed by atoms with E-state index in [1.54, 1.807) is 30.3 Å². The van der Waals surface area contributed by atoms with E-state index in [9.17, 15) is 36.3 Å². The Balaban J connectivity index is 1.50. The van der Waals surface area contributed by atoms with Gasteiger partial charge in [0.1, 0.15) is 0 Å². The van der Waals surface area contributed by atoms with Gasteiger partial charge < -0.3 is 10.6 Å². The van der Waals surface area contributed by atoms with Crippen molar-refractivity contribution in [1.29, 1.82) is 0 Å². The molecule has 0 aliphatic carbocycles. The molecule has 204 valence electrons. The van der Waals surface area contributed by atoms with Gasteiger partial charge in [-0.15, -0.1) is 0 Å². The van der Waals surface area contributed by atoms with Crippen molar-refractivity contribution in [2.24, 2.45) is 0 Å². The maximum Gasteiger partial charge on any atom is 0.416 e. The first-order valence-corrected chi connectivity index (χ1v) is 11.7. The molecule has 0 radical (unpaired) electrons. The number of carbonyl (C=O) groups excluding carboxylic acids is 3. The van der Waals surface area contributed by atoms with Gasteiger partial charge in [-0.05, 0) is 48.0 Å². The minimum Gasteiger partial charge on any atom is -0.349 e. The molecule has 1 fully saturated rings. The molecule has 40 heavy (non-hydrogen) atoms. The number of halogens is 5. The molecule has 1 saturated heterocycles. The number of benzene rings is 3. The molecule has 1 atom stereocenters. The third-order valence-corrected chi connectivity index (χ3v) is 6.38. The Morgan fingerprint density at radius 2 is 1.65 bits per heavy atom. The van der Waals surface area contributed by atoms with Crippen LogP contribution in [0.25, 0.3) is 16.8 Å². The lowest BCUT2D eigenvalue weighted by atomic mass is 9.93. The summed E-state index contributed by atoms with van der Waals surface area (Å²) in [6, 6.07) is 14.1. The lowest BCUT2D eigenvalue weighted by Gasteiger charge is -2.27. The van der Waals surface area contributed by atoms with Gasteiger partial charge in [-0.2, -0.15) is 18.3 Å². The lowest BCUT2D eigenvalue weighted by molar-refractivity contribution is -0.137. The van der Waals surface area contributed by atoms with Crippen LogP contribution in [0.3, 0.4) is 0 Å². The van der Waals surface area contributed by atoms with Crippen molar-refractivity contribution >= 4 is 17.8 Å². The summed E-state index contributed by atoms with van der Waals surface area (Å²) in [4.78, 5) is 38.5. The fourth-order valence-corrected chi connectivity index (χ4v) is 4.44. The molecule has 4 aromatic rings. The van der Waals surface area contributed by atoms with Crippen LogP contribution in [-0.2, 0) is 16.5 Å². The largest absolute Gasteiger partial charge is 0.416 e. The van der Waals surface area contributed by atoms with Gasteiger partial charge in [0.15, 0.2) is 17.2 Å². The molecule has 1 aliphatic heterocycles. The van der Waals surface area contributed by atoms with Gasteiger partial charge in [-0.1, -0.05) is 30.3 Å². The first-order chi connectivity index (χ1) is 19.0. The first kappa shape index (κ1) is 26.5. The van der Waals surface area contributed by atoms with Crippen molar-refractivity contribution < 1.29 is 36.3 Å². The fourth-order valence-electron chi connectivity index (χ4n) is 4.44. The Labute approximate surface area is 222 Å². The Morgan fingerprint density at radius 3 is 2.27 bits per heavy atom. The first-order valence-electron chi connectivity index (χ1n) is 11.7. The maximum atomic E-state index is 14.9. The van der Waals surface area contributed by atoms with Crippen LogP contribution in [0.2, 0.25) is 0 Å². The van der Waals surface area contributed by atoms with E-state index in [0.29, 0.717) is 23.9 Å². The van der Waals surface area contributed by atoms with Gasteiger partial charge in [0.2, 0.25) is 0 Å². The van der Waals surface area contributed by atoms with Crippen molar-refractivity contribution in [2.75, 3.05) is 6.54 Å². The molecular weight excluding hydrogens is 537 g/mol. The van der Waals surface area contributed by atoms with Crippen LogP contribution in [0, 0.1) is 11.6 Å². The van der Waals surface area contributed by atoms with E-state index in [0.717, 1.165) is 18.2 Å². The molecule has 1 aromatic heterocycles. The number of aromatic nitrogens is 2. The van der Waals surface area contributed by atoms with Crippen molar-refractivity contribution in [2.45, 2.75) is 11.7 Å². The number of alkyl halides is 3. The van der Waals surface area contributed by atoms with E-state index in [1.807, 2.05) is 0 Å². The fraction of sp³-hybridized carbons (Fsp3) is 0.111.